The number of anilines is 1. The lowest BCUT2D eigenvalue weighted by molar-refractivity contribution is 0.179. The molecule has 0 aromatic heterocycles. The van der Waals surface area contributed by atoms with Gasteiger partial charge < -0.3 is 16.2 Å². The predicted molar refractivity (Wildman–Crippen MR) is 61.7 cm³/mol. The highest BCUT2D eigenvalue weighted by Gasteiger charge is 2.25. The number of piperidine rings is 1. The van der Waals surface area contributed by atoms with Crippen LogP contribution in [-0.2, 0) is 0 Å². The number of benzene rings is 1. The second kappa shape index (κ2) is 4.64. The van der Waals surface area contributed by atoms with Crippen molar-refractivity contribution < 1.29 is 5.11 Å². The van der Waals surface area contributed by atoms with E-state index in [1.54, 1.807) is 0 Å². The number of nitrogens with one attached hydrogen (secondary N) is 1. The molecule has 0 bridgehead atoms. The summed E-state index contributed by atoms with van der Waals surface area (Å²) in [4.78, 5) is 0. The van der Waals surface area contributed by atoms with Crippen LogP contribution in [0.1, 0.15) is 17.9 Å². The molecule has 0 radical (unpaired) electrons. The maximum atomic E-state index is 9.31. The molecule has 0 amide bonds. The van der Waals surface area contributed by atoms with Gasteiger partial charge in [-0.3, -0.25) is 0 Å². The minimum atomic E-state index is 0.252. The smallest absolute Gasteiger partial charge is 0.0477 e. The molecule has 3 nitrogen and oxygen atoms in total. The van der Waals surface area contributed by atoms with Gasteiger partial charge in [-0.25, -0.2) is 0 Å². The van der Waals surface area contributed by atoms with Gasteiger partial charge >= 0.3 is 0 Å². The standard InChI is InChI=1S/C12H18N2O/c13-11-3-1-9(2-4-11)12-5-6-14-7-10(12)8-15/h1-4,10,12,14-15H,5-8,13H2. The fourth-order valence-electron chi connectivity index (χ4n) is 2.30. The molecule has 1 aromatic rings. The van der Waals surface area contributed by atoms with Crippen LogP contribution in [0.2, 0.25) is 0 Å². The number of aliphatic hydroxyl groups excluding tert-OH is 1. The van der Waals surface area contributed by atoms with Crippen LogP contribution in [0.25, 0.3) is 0 Å². The van der Waals surface area contributed by atoms with Crippen molar-refractivity contribution in [3.63, 3.8) is 0 Å². The van der Waals surface area contributed by atoms with E-state index in [0.717, 1.165) is 25.2 Å². The Bertz CT molecular complexity index is 310. The van der Waals surface area contributed by atoms with Gasteiger partial charge in [-0.2, -0.15) is 0 Å². The molecule has 1 aliphatic heterocycles. The molecule has 1 fully saturated rings. The fourth-order valence-corrected chi connectivity index (χ4v) is 2.30. The molecule has 2 unspecified atom stereocenters. The predicted octanol–water partition coefficient (Wildman–Crippen LogP) is 0.954. The SMILES string of the molecule is Nc1ccc(C2CCNCC2CO)cc1. The molecular weight excluding hydrogens is 188 g/mol. The van der Waals surface area contributed by atoms with Crippen LogP contribution in [-0.4, -0.2) is 24.8 Å². The van der Waals surface area contributed by atoms with Crippen LogP contribution in [0.3, 0.4) is 0 Å². The number of rotatable bonds is 2. The Morgan fingerprint density at radius 3 is 2.73 bits per heavy atom. The third kappa shape index (κ3) is 2.30. The summed E-state index contributed by atoms with van der Waals surface area (Å²) in [5.41, 5.74) is 7.76. The number of hydrogen-bond donors (Lipinski definition) is 3. The number of nitrogens with two attached hydrogens (primary N) is 1. The highest BCUT2D eigenvalue weighted by Crippen LogP contribution is 2.30. The van der Waals surface area contributed by atoms with Crippen LogP contribution in [0, 0.1) is 5.92 Å². The van der Waals surface area contributed by atoms with Gasteiger partial charge in [-0.15, -0.1) is 0 Å². The van der Waals surface area contributed by atoms with Gasteiger partial charge in [0, 0.05) is 24.8 Å². The quantitative estimate of drug-likeness (QED) is 0.632. The molecule has 4 N–H and O–H groups in total. The molecule has 2 atom stereocenters. The number of hydrogen-bond acceptors (Lipinski definition) is 3. The van der Waals surface area contributed by atoms with E-state index in [0.29, 0.717) is 11.8 Å². The normalized spacial score (nSPS) is 26.5. The summed E-state index contributed by atoms with van der Waals surface area (Å²) < 4.78 is 0. The molecule has 0 saturated carbocycles. The van der Waals surface area contributed by atoms with Crippen LogP contribution in [0.5, 0.6) is 0 Å². The van der Waals surface area contributed by atoms with E-state index >= 15 is 0 Å². The Kier molecular flexibility index (Phi) is 3.23. The highest BCUT2D eigenvalue weighted by molar-refractivity contribution is 5.40. The van der Waals surface area contributed by atoms with Gasteiger partial charge in [0.2, 0.25) is 0 Å². The summed E-state index contributed by atoms with van der Waals surface area (Å²) >= 11 is 0. The van der Waals surface area contributed by atoms with Gasteiger partial charge in [-0.05, 0) is 36.6 Å². The van der Waals surface area contributed by atoms with Gasteiger partial charge in [0.25, 0.3) is 0 Å². The first-order valence-electron chi connectivity index (χ1n) is 5.48. The molecule has 1 aliphatic rings. The van der Waals surface area contributed by atoms with Crippen molar-refractivity contribution in [3.8, 4) is 0 Å². The first kappa shape index (κ1) is 10.5. The van der Waals surface area contributed by atoms with E-state index in [1.807, 2.05) is 12.1 Å². The summed E-state index contributed by atoms with van der Waals surface area (Å²) in [5, 5.41) is 12.6. The summed E-state index contributed by atoms with van der Waals surface area (Å²) in [5.74, 6) is 0.805. The van der Waals surface area contributed by atoms with Crippen molar-refractivity contribution in [2.45, 2.75) is 12.3 Å². The summed E-state index contributed by atoms with van der Waals surface area (Å²) in [6.07, 6.45) is 1.09. The third-order valence-corrected chi connectivity index (χ3v) is 3.21. The van der Waals surface area contributed by atoms with Crippen molar-refractivity contribution in [2.75, 3.05) is 25.4 Å². The topological polar surface area (TPSA) is 58.3 Å². The molecule has 15 heavy (non-hydrogen) atoms. The van der Waals surface area contributed by atoms with Crippen LogP contribution in [0.4, 0.5) is 5.69 Å². The van der Waals surface area contributed by atoms with Gasteiger partial charge in [0.15, 0.2) is 0 Å². The van der Waals surface area contributed by atoms with Crippen molar-refractivity contribution in [1.29, 1.82) is 0 Å². The first-order chi connectivity index (χ1) is 7.31. The number of nitrogen functional groups attached to an aromatic ring is 1. The van der Waals surface area contributed by atoms with E-state index < -0.39 is 0 Å². The van der Waals surface area contributed by atoms with Crippen molar-refractivity contribution in [3.05, 3.63) is 29.8 Å². The van der Waals surface area contributed by atoms with Crippen molar-refractivity contribution in [1.82, 2.24) is 5.32 Å². The molecule has 2 rings (SSSR count). The van der Waals surface area contributed by atoms with Gasteiger partial charge in [-0.1, -0.05) is 12.1 Å². The highest BCUT2D eigenvalue weighted by atomic mass is 16.3. The molecule has 0 aliphatic carbocycles. The van der Waals surface area contributed by atoms with Crippen molar-refractivity contribution >= 4 is 5.69 Å². The Morgan fingerprint density at radius 1 is 1.33 bits per heavy atom. The van der Waals surface area contributed by atoms with E-state index in [9.17, 15) is 5.11 Å². The Morgan fingerprint density at radius 2 is 2.07 bits per heavy atom. The molecule has 1 aromatic carbocycles. The fraction of sp³-hybridized carbons (Fsp3) is 0.500. The van der Waals surface area contributed by atoms with Crippen LogP contribution < -0.4 is 11.1 Å². The van der Waals surface area contributed by atoms with E-state index in [1.165, 1.54) is 5.56 Å². The van der Waals surface area contributed by atoms with Crippen LogP contribution >= 0.6 is 0 Å². The minimum absolute atomic E-state index is 0.252. The zero-order chi connectivity index (χ0) is 10.7. The second-order valence-corrected chi connectivity index (χ2v) is 4.21. The van der Waals surface area contributed by atoms with Crippen LogP contribution in [0.15, 0.2) is 24.3 Å². The lowest BCUT2D eigenvalue weighted by Gasteiger charge is -2.31. The first-order valence-corrected chi connectivity index (χ1v) is 5.48. The average molecular weight is 206 g/mol. The molecular formula is C12H18N2O. The van der Waals surface area contributed by atoms with Gasteiger partial charge in [0.05, 0.1) is 0 Å². The lowest BCUT2D eigenvalue weighted by Crippen LogP contribution is -2.37. The molecule has 0 spiro atoms. The molecule has 1 heterocycles. The average Bonchev–Trinajstić information content (AvgIpc) is 2.30. The summed E-state index contributed by atoms with van der Waals surface area (Å²) in [6.45, 7) is 2.19. The molecule has 3 heteroatoms. The molecule has 82 valence electrons. The second-order valence-electron chi connectivity index (χ2n) is 4.21. The van der Waals surface area contributed by atoms with Crippen molar-refractivity contribution in [2.24, 2.45) is 5.92 Å². The zero-order valence-electron chi connectivity index (χ0n) is 8.82. The summed E-state index contributed by atoms with van der Waals surface area (Å²) in [6, 6.07) is 8.03. The maximum Gasteiger partial charge on any atom is 0.0477 e. The Hall–Kier alpha value is -1.06. The van der Waals surface area contributed by atoms with Gasteiger partial charge in [0.1, 0.15) is 0 Å². The minimum Gasteiger partial charge on any atom is -0.399 e. The number of aliphatic hydroxyl groups is 1. The Balaban J connectivity index is 2.16. The monoisotopic (exact) mass is 206 g/mol. The largest absolute Gasteiger partial charge is 0.399 e. The lowest BCUT2D eigenvalue weighted by atomic mass is 9.81. The maximum absolute atomic E-state index is 9.31. The Labute approximate surface area is 90.3 Å². The zero-order valence-corrected chi connectivity index (χ0v) is 8.82. The van der Waals surface area contributed by atoms with E-state index in [4.69, 9.17) is 5.73 Å². The third-order valence-electron chi connectivity index (χ3n) is 3.21. The molecule has 1 saturated heterocycles. The summed E-state index contributed by atoms with van der Waals surface area (Å²) in [7, 11) is 0. The van der Waals surface area contributed by atoms with E-state index in [-0.39, 0.29) is 6.61 Å². The van der Waals surface area contributed by atoms with E-state index in [2.05, 4.69) is 17.4 Å².